The van der Waals surface area contributed by atoms with Gasteiger partial charge in [-0.3, -0.25) is 0 Å². The number of hydrogen-bond acceptors (Lipinski definition) is 1. The van der Waals surface area contributed by atoms with E-state index in [1.54, 1.807) is 0 Å². The van der Waals surface area contributed by atoms with Crippen LogP contribution in [-0.4, -0.2) is 9.22 Å². The zero-order valence-corrected chi connectivity index (χ0v) is 7.39. The van der Waals surface area contributed by atoms with E-state index in [0.29, 0.717) is 0 Å². The first kappa shape index (κ1) is 8.69. The summed E-state index contributed by atoms with van der Waals surface area (Å²) in [4.78, 5) is 0. The van der Waals surface area contributed by atoms with Gasteiger partial charge in [0.25, 0.3) is 0 Å². The van der Waals surface area contributed by atoms with Gasteiger partial charge in [-0.2, -0.15) is 0 Å². The van der Waals surface area contributed by atoms with Crippen molar-refractivity contribution in [2.75, 3.05) is 0 Å². The standard InChI is InChI=1S/C6H13IO/c1-2-3-4-5-6(7)8/h6,8H,2-5H2,1H3. The average Bonchev–Trinajstić information content (AvgIpc) is 1.66. The minimum absolute atomic E-state index is 0.126. The van der Waals surface area contributed by atoms with Crippen LogP contribution in [0, 0.1) is 0 Å². The van der Waals surface area contributed by atoms with Crippen LogP contribution >= 0.6 is 22.6 Å². The Labute approximate surface area is 64.6 Å². The maximum atomic E-state index is 8.77. The Bertz CT molecular complexity index is 45.8. The molecule has 0 aromatic rings. The molecular weight excluding hydrogens is 215 g/mol. The van der Waals surface area contributed by atoms with Gasteiger partial charge in [0.2, 0.25) is 0 Å². The third kappa shape index (κ3) is 6.69. The van der Waals surface area contributed by atoms with E-state index in [1.807, 2.05) is 22.6 Å². The maximum Gasteiger partial charge on any atom is 0.105 e. The van der Waals surface area contributed by atoms with Crippen LogP contribution in [0.5, 0.6) is 0 Å². The summed E-state index contributed by atoms with van der Waals surface area (Å²) in [7, 11) is 0. The van der Waals surface area contributed by atoms with E-state index < -0.39 is 0 Å². The van der Waals surface area contributed by atoms with Crippen LogP contribution < -0.4 is 0 Å². The van der Waals surface area contributed by atoms with Crippen LogP contribution in [0.25, 0.3) is 0 Å². The van der Waals surface area contributed by atoms with Crippen molar-refractivity contribution in [1.29, 1.82) is 0 Å². The Morgan fingerprint density at radius 2 is 2.12 bits per heavy atom. The first-order valence-corrected chi connectivity index (χ1v) is 4.34. The van der Waals surface area contributed by atoms with E-state index >= 15 is 0 Å². The van der Waals surface area contributed by atoms with Crippen molar-refractivity contribution in [1.82, 2.24) is 0 Å². The van der Waals surface area contributed by atoms with Gasteiger partial charge in [0, 0.05) is 0 Å². The summed E-state index contributed by atoms with van der Waals surface area (Å²) in [6, 6.07) is 0. The summed E-state index contributed by atoms with van der Waals surface area (Å²) in [5, 5.41) is 8.77. The lowest BCUT2D eigenvalue weighted by Gasteiger charge is -1.98. The van der Waals surface area contributed by atoms with Crippen molar-refractivity contribution in [3.05, 3.63) is 0 Å². The number of unbranched alkanes of at least 4 members (excludes halogenated alkanes) is 2. The van der Waals surface area contributed by atoms with Crippen LogP contribution in [0.2, 0.25) is 0 Å². The van der Waals surface area contributed by atoms with Gasteiger partial charge in [-0.05, 0) is 6.42 Å². The van der Waals surface area contributed by atoms with Gasteiger partial charge in [0.1, 0.15) is 4.11 Å². The molecule has 0 radical (unpaired) electrons. The topological polar surface area (TPSA) is 20.2 Å². The fourth-order valence-electron chi connectivity index (χ4n) is 0.563. The molecule has 1 nitrogen and oxygen atoms in total. The summed E-state index contributed by atoms with van der Waals surface area (Å²) in [6.07, 6.45) is 4.61. The fraction of sp³-hybridized carbons (Fsp3) is 1.00. The average molecular weight is 228 g/mol. The Morgan fingerprint density at radius 1 is 1.50 bits per heavy atom. The molecule has 1 unspecified atom stereocenters. The molecule has 0 spiro atoms. The molecule has 0 rings (SSSR count). The number of aliphatic hydroxyl groups excluding tert-OH is 1. The van der Waals surface area contributed by atoms with Gasteiger partial charge in [-0.25, -0.2) is 0 Å². The normalized spacial score (nSPS) is 13.9. The molecule has 1 atom stereocenters. The highest BCUT2D eigenvalue weighted by molar-refractivity contribution is 14.1. The predicted molar refractivity (Wildman–Crippen MR) is 44.2 cm³/mol. The SMILES string of the molecule is CCCCCC(O)I. The van der Waals surface area contributed by atoms with Crippen LogP contribution in [0.15, 0.2) is 0 Å². The quantitative estimate of drug-likeness (QED) is 0.444. The molecule has 0 aromatic carbocycles. The van der Waals surface area contributed by atoms with E-state index in [-0.39, 0.29) is 4.11 Å². The Kier molecular flexibility index (Phi) is 6.32. The van der Waals surface area contributed by atoms with Gasteiger partial charge in [0.15, 0.2) is 0 Å². The second-order valence-electron chi connectivity index (χ2n) is 1.93. The smallest absolute Gasteiger partial charge is 0.105 e. The van der Waals surface area contributed by atoms with Gasteiger partial charge in [-0.1, -0.05) is 48.8 Å². The molecular formula is C6H13IO. The Hall–Kier alpha value is 0.690. The third-order valence-electron chi connectivity index (χ3n) is 1.05. The lowest BCUT2D eigenvalue weighted by Crippen LogP contribution is -1.92. The Morgan fingerprint density at radius 3 is 2.50 bits per heavy atom. The van der Waals surface area contributed by atoms with Crippen molar-refractivity contribution in [3.63, 3.8) is 0 Å². The molecule has 0 saturated carbocycles. The third-order valence-corrected chi connectivity index (χ3v) is 1.67. The van der Waals surface area contributed by atoms with E-state index in [0.717, 1.165) is 6.42 Å². The summed E-state index contributed by atoms with van der Waals surface area (Å²) in [6.45, 7) is 2.17. The largest absolute Gasteiger partial charge is 0.383 e. The molecule has 50 valence electrons. The van der Waals surface area contributed by atoms with Crippen LogP contribution in [0.4, 0.5) is 0 Å². The zero-order chi connectivity index (χ0) is 6.41. The molecule has 1 N–H and O–H groups in total. The minimum Gasteiger partial charge on any atom is -0.383 e. The molecule has 0 aliphatic rings. The molecule has 0 amide bonds. The second-order valence-corrected chi connectivity index (χ2v) is 3.37. The van der Waals surface area contributed by atoms with Gasteiger partial charge >= 0.3 is 0 Å². The number of halogens is 1. The summed E-state index contributed by atoms with van der Waals surface area (Å²) in [5.74, 6) is 0. The van der Waals surface area contributed by atoms with E-state index in [2.05, 4.69) is 6.92 Å². The fourth-order valence-corrected chi connectivity index (χ4v) is 1.00. The van der Waals surface area contributed by atoms with Crippen LogP contribution in [-0.2, 0) is 0 Å². The molecule has 2 heteroatoms. The van der Waals surface area contributed by atoms with Crippen LogP contribution in [0.1, 0.15) is 32.6 Å². The number of alkyl halides is 1. The van der Waals surface area contributed by atoms with E-state index in [9.17, 15) is 0 Å². The van der Waals surface area contributed by atoms with Crippen LogP contribution in [0.3, 0.4) is 0 Å². The van der Waals surface area contributed by atoms with Crippen molar-refractivity contribution in [3.8, 4) is 0 Å². The summed E-state index contributed by atoms with van der Waals surface area (Å²) >= 11 is 2.04. The molecule has 0 aromatic heterocycles. The van der Waals surface area contributed by atoms with E-state index in [4.69, 9.17) is 5.11 Å². The molecule has 0 bridgehead atoms. The van der Waals surface area contributed by atoms with Crippen molar-refractivity contribution >= 4 is 22.6 Å². The number of hydrogen-bond donors (Lipinski definition) is 1. The highest BCUT2D eigenvalue weighted by Gasteiger charge is 1.93. The van der Waals surface area contributed by atoms with Crippen molar-refractivity contribution in [2.45, 2.75) is 36.7 Å². The highest BCUT2D eigenvalue weighted by Crippen LogP contribution is 2.07. The highest BCUT2D eigenvalue weighted by atomic mass is 127. The Balaban J connectivity index is 2.72. The monoisotopic (exact) mass is 228 g/mol. The molecule has 0 saturated heterocycles. The van der Waals surface area contributed by atoms with Gasteiger partial charge in [-0.15, -0.1) is 0 Å². The molecule has 8 heavy (non-hydrogen) atoms. The second kappa shape index (κ2) is 5.82. The molecule has 0 aliphatic heterocycles. The predicted octanol–water partition coefficient (Wildman–Crippen LogP) is 2.32. The summed E-state index contributed by atoms with van der Waals surface area (Å²) < 4.78 is -0.126. The lowest BCUT2D eigenvalue weighted by molar-refractivity contribution is 0.263. The van der Waals surface area contributed by atoms with E-state index in [1.165, 1.54) is 19.3 Å². The molecule has 0 heterocycles. The summed E-state index contributed by atoms with van der Waals surface area (Å²) in [5.41, 5.74) is 0. The number of aliphatic hydroxyl groups is 1. The van der Waals surface area contributed by atoms with Crippen molar-refractivity contribution < 1.29 is 5.11 Å². The maximum absolute atomic E-state index is 8.77. The zero-order valence-electron chi connectivity index (χ0n) is 5.23. The number of rotatable bonds is 4. The first-order chi connectivity index (χ1) is 3.77. The van der Waals surface area contributed by atoms with Crippen molar-refractivity contribution in [2.24, 2.45) is 0 Å². The van der Waals surface area contributed by atoms with Gasteiger partial charge in [0.05, 0.1) is 0 Å². The lowest BCUT2D eigenvalue weighted by atomic mass is 10.2. The van der Waals surface area contributed by atoms with Gasteiger partial charge < -0.3 is 5.11 Å². The minimum atomic E-state index is -0.126. The molecule has 0 fully saturated rings. The first-order valence-electron chi connectivity index (χ1n) is 3.09. The molecule has 0 aliphatic carbocycles.